The molecule has 6 heteroatoms. The van der Waals surface area contributed by atoms with E-state index in [9.17, 15) is 9.90 Å². The van der Waals surface area contributed by atoms with Crippen LogP contribution in [0.5, 0.6) is 5.75 Å². The van der Waals surface area contributed by atoms with Crippen molar-refractivity contribution >= 4 is 17.4 Å². The molecule has 0 spiro atoms. The van der Waals surface area contributed by atoms with Crippen LogP contribution in [0.4, 0.5) is 11.5 Å². The van der Waals surface area contributed by atoms with Crippen molar-refractivity contribution in [2.24, 2.45) is 0 Å². The van der Waals surface area contributed by atoms with Crippen molar-refractivity contribution < 1.29 is 9.90 Å². The fourth-order valence-electron chi connectivity index (χ4n) is 1.67. The Morgan fingerprint density at radius 3 is 2.79 bits per heavy atom. The number of aryl methyl sites for hydroxylation is 1. The molecule has 2 aromatic rings. The number of nitrogens with one attached hydrogen (secondary N) is 1. The van der Waals surface area contributed by atoms with Gasteiger partial charge >= 0.3 is 0 Å². The fraction of sp³-hybridized carbons (Fsp3) is 0.231. The molecular weight excluding hydrogens is 244 g/mol. The number of anilines is 2. The topological polar surface area (TPSA) is 93.2 Å². The van der Waals surface area contributed by atoms with Crippen LogP contribution >= 0.6 is 0 Å². The molecule has 1 aromatic heterocycles. The molecule has 0 aliphatic heterocycles. The Hall–Kier alpha value is -2.50. The number of aromatic hydroxyl groups is 1. The Balaban J connectivity index is 2.12. The lowest BCUT2D eigenvalue weighted by Crippen LogP contribution is -2.24. The number of amides is 1. The molecular formula is C13H16N4O2. The Labute approximate surface area is 110 Å². The molecule has 1 heterocycles. The third-order valence-electron chi connectivity index (χ3n) is 2.82. The van der Waals surface area contributed by atoms with E-state index in [1.807, 2.05) is 13.0 Å². The van der Waals surface area contributed by atoms with Gasteiger partial charge in [0.2, 0.25) is 5.91 Å². The highest BCUT2D eigenvalue weighted by Crippen LogP contribution is 2.24. The Kier molecular flexibility index (Phi) is 3.41. The first-order chi connectivity index (χ1) is 8.97. The van der Waals surface area contributed by atoms with Gasteiger partial charge in [-0.15, -0.1) is 0 Å². The number of hydrogen-bond donors (Lipinski definition) is 3. The van der Waals surface area contributed by atoms with E-state index in [4.69, 9.17) is 5.73 Å². The second-order valence-electron chi connectivity index (χ2n) is 4.41. The van der Waals surface area contributed by atoms with E-state index < -0.39 is 6.04 Å². The summed E-state index contributed by atoms with van der Waals surface area (Å²) >= 11 is 0. The van der Waals surface area contributed by atoms with Crippen LogP contribution in [0.1, 0.15) is 18.5 Å². The Morgan fingerprint density at radius 2 is 2.21 bits per heavy atom. The van der Waals surface area contributed by atoms with Crippen LogP contribution in [0.25, 0.3) is 0 Å². The van der Waals surface area contributed by atoms with Gasteiger partial charge in [-0.2, -0.15) is 5.10 Å². The van der Waals surface area contributed by atoms with E-state index in [0.717, 1.165) is 5.56 Å². The number of hydrogen-bond acceptors (Lipinski definition) is 4. The summed E-state index contributed by atoms with van der Waals surface area (Å²) in [5, 5.41) is 16.4. The largest absolute Gasteiger partial charge is 0.506 e. The minimum Gasteiger partial charge on any atom is -0.506 e. The molecule has 4 N–H and O–H groups in total. The van der Waals surface area contributed by atoms with E-state index in [0.29, 0.717) is 11.5 Å². The first kappa shape index (κ1) is 12.9. The molecule has 0 radical (unpaired) electrons. The highest BCUT2D eigenvalue weighted by molar-refractivity contribution is 5.94. The van der Waals surface area contributed by atoms with Gasteiger partial charge in [0.05, 0.1) is 5.69 Å². The average molecular weight is 260 g/mol. The molecule has 1 atom stereocenters. The predicted octanol–water partition coefficient (Wildman–Crippen LogP) is 1.68. The summed E-state index contributed by atoms with van der Waals surface area (Å²) in [6.07, 6.45) is 1.63. The van der Waals surface area contributed by atoms with Crippen LogP contribution in [0, 0.1) is 6.92 Å². The first-order valence-corrected chi connectivity index (χ1v) is 5.88. The number of benzene rings is 1. The number of nitrogens with zero attached hydrogens (tertiary/aromatic N) is 2. The quantitative estimate of drug-likeness (QED) is 0.732. The molecule has 0 saturated carbocycles. The van der Waals surface area contributed by atoms with Crippen molar-refractivity contribution in [2.45, 2.75) is 19.9 Å². The predicted molar refractivity (Wildman–Crippen MR) is 72.8 cm³/mol. The van der Waals surface area contributed by atoms with Crippen molar-refractivity contribution in [3.8, 4) is 5.75 Å². The highest BCUT2D eigenvalue weighted by atomic mass is 16.3. The van der Waals surface area contributed by atoms with Gasteiger partial charge in [-0.1, -0.05) is 6.07 Å². The summed E-state index contributed by atoms with van der Waals surface area (Å²) in [6.45, 7) is 3.56. The van der Waals surface area contributed by atoms with Gasteiger partial charge in [-0.3, -0.25) is 9.48 Å². The Bertz CT molecular complexity index is 606. The van der Waals surface area contributed by atoms with E-state index in [1.165, 1.54) is 4.68 Å². The van der Waals surface area contributed by atoms with E-state index in [2.05, 4.69) is 10.4 Å². The van der Waals surface area contributed by atoms with Crippen LogP contribution in [-0.2, 0) is 4.79 Å². The third-order valence-corrected chi connectivity index (χ3v) is 2.82. The summed E-state index contributed by atoms with van der Waals surface area (Å²) in [4.78, 5) is 12.0. The number of aromatic nitrogens is 2. The van der Waals surface area contributed by atoms with Gasteiger partial charge in [-0.25, -0.2) is 0 Å². The summed E-state index contributed by atoms with van der Waals surface area (Å²) < 4.78 is 1.47. The minimum absolute atomic E-state index is 0.0422. The lowest BCUT2D eigenvalue weighted by atomic mass is 10.2. The maximum atomic E-state index is 12.0. The lowest BCUT2D eigenvalue weighted by Gasteiger charge is -2.13. The van der Waals surface area contributed by atoms with Gasteiger partial charge in [0, 0.05) is 6.20 Å². The summed E-state index contributed by atoms with van der Waals surface area (Å²) in [5.41, 5.74) is 6.80. The Morgan fingerprint density at radius 1 is 1.47 bits per heavy atom. The molecule has 1 amide bonds. The molecule has 6 nitrogen and oxygen atoms in total. The monoisotopic (exact) mass is 260 g/mol. The highest BCUT2D eigenvalue weighted by Gasteiger charge is 2.17. The van der Waals surface area contributed by atoms with Crippen molar-refractivity contribution in [2.75, 3.05) is 11.1 Å². The number of rotatable bonds is 3. The summed E-state index contributed by atoms with van der Waals surface area (Å²) in [5.74, 6) is 0.126. The van der Waals surface area contributed by atoms with E-state index >= 15 is 0 Å². The molecule has 0 aliphatic carbocycles. The standard InChI is InChI=1S/C13H16N4O2/c1-8-3-4-10(11(18)7-8)15-13(19)9(2)17-6-5-12(14)16-17/h3-7,9,18H,1-2H3,(H2,14,16)(H,15,19). The SMILES string of the molecule is Cc1ccc(NC(=O)C(C)n2ccc(N)n2)c(O)c1. The number of nitrogen functional groups attached to an aromatic ring is 1. The second-order valence-corrected chi connectivity index (χ2v) is 4.41. The molecule has 1 aromatic carbocycles. The minimum atomic E-state index is -0.516. The summed E-state index contributed by atoms with van der Waals surface area (Å²) in [6, 6.07) is 6.16. The molecule has 19 heavy (non-hydrogen) atoms. The smallest absolute Gasteiger partial charge is 0.249 e. The summed E-state index contributed by atoms with van der Waals surface area (Å²) in [7, 11) is 0. The van der Waals surface area contributed by atoms with Crippen LogP contribution < -0.4 is 11.1 Å². The number of phenols is 1. The van der Waals surface area contributed by atoms with Crippen LogP contribution in [-0.4, -0.2) is 20.8 Å². The molecule has 0 aliphatic rings. The van der Waals surface area contributed by atoms with Crippen molar-refractivity contribution in [3.63, 3.8) is 0 Å². The normalized spacial score (nSPS) is 12.1. The maximum absolute atomic E-state index is 12.0. The number of carbonyl (C=O) groups excluding carboxylic acids is 1. The van der Waals surface area contributed by atoms with Gasteiger partial charge < -0.3 is 16.2 Å². The van der Waals surface area contributed by atoms with Crippen molar-refractivity contribution in [3.05, 3.63) is 36.0 Å². The lowest BCUT2D eigenvalue weighted by molar-refractivity contribution is -0.119. The van der Waals surface area contributed by atoms with Gasteiger partial charge in [-0.05, 0) is 37.6 Å². The second kappa shape index (κ2) is 5.01. The fourth-order valence-corrected chi connectivity index (χ4v) is 1.67. The number of nitrogens with two attached hydrogens (primary N) is 1. The molecule has 1 unspecified atom stereocenters. The average Bonchev–Trinajstić information content (AvgIpc) is 2.78. The molecule has 2 rings (SSSR count). The van der Waals surface area contributed by atoms with Crippen molar-refractivity contribution in [1.82, 2.24) is 9.78 Å². The molecule has 100 valence electrons. The van der Waals surface area contributed by atoms with Crippen LogP contribution in [0.15, 0.2) is 30.5 Å². The van der Waals surface area contributed by atoms with Crippen LogP contribution in [0.2, 0.25) is 0 Å². The number of phenolic OH excluding ortho intramolecular Hbond substituents is 1. The zero-order chi connectivity index (χ0) is 14.0. The van der Waals surface area contributed by atoms with Gasteiger partial charge in [0.25, 0.3) is 0 Å². The van der Waals surface area contributed by atoms with Gasteiger partial charge in [0.15, 0.2) is 0 Å². The third kappa shape index (κ3) is 2.85. The zero-order valence-corrected chi connectivity index (χ0v) is 10.8. The van der Waals surface area contributed by atoms with Crippen molar-refractivity contribution in [1.29, 1.82) is 0 Å². The zero-order valence-electron chi connectivity index (χ0n) is 10.8. The van der Waals surface area contributed by atoms with E-state index in [-0.39, 0.29) is 11.7 Å². The van der Waals surface area contributed by atoms with Crippen LogP contribution in [0.3, 0.4) is 0 Å². The maximum Gasteiger partial charge on any atom is 0.249 e. The van der Waals surface area contributed by atoms with E-state index in [1.54, 1.807) is 31.3 Å². The molecule has 0 saturated heterocycles. The molecule has 0 fully saturated rings. The molecule has 0 bridgehead atoms. The number of carbonyl (C=O) groups is 1. The first-order valence-electron chi connectivity index (χ1n) is 5.88. The van der Waals surface area contributed by atoms with Gasteiger partial charge in [0.1, 0.15) is 17.6 Å².